The standard InChI is InChI=1S/C22H28N2.ClH/c1-3-4-5-6-7-12-17-23-22-18-13-8-10-15-20(18)24(2)21-16-11-9-14-19(21)22;/h8-11,13-16H,3-7,12,17H2,1-2H3;1H. The number of para-hydroxylation sites is 2. The zero-order chi connectivity index (χ0) is 16.8. The molecule has 0 fully saturated rings. The van der Waals surface area contributed by atoms with Gasteiger partial charge in [0.1, 0.15) is 7.05 Å². The number of hydrogen-bond donors (Lipinski definition) is 1. The van der Waals surface area contributed by atoms with Crippen molar-refractivity contribution < 1.29 is 17.0 Å². The largest absolute Gasteiger partial charge is 1.00 e. The number of aromatic nitrogens is 1. The Bertz CT molecular complexity index is 757. The van der Waals surface area contributed by atoms with Gasteiger partial charge in [-0.05, 0) is 18.6 Å². The first-order valence-corrected chi connectivity index (χ1v) is 9.36. The predicted molar refractivity (Wildman–Crippen MR) is 104 cm³/mol. The number of benzene rings is 2. The summed E-state index contributed by atoms with van der Waals surface area (Å²) in [5.41, 5.74) is 3.84. The highest BCUT2D eigenvalue weighted by molar-refractivity contribution is 6.04. The molecule has 1 aromatic heterocycles. The number of anilines is 1. The molecule has 0 atom stereocenters. The summed E-state index contributed by atoms with van der Waals surface area (Å²) in [6.45, 7) is 3.32. The summed E-state index contributed by atoms with van der Waals surface area (Å²) in [7, 11) is 2.15. The van der Waals surface area contributed by atoms with E-state index in [1.165, 1.54) is 66.0 Å². The van der Waals surface area contributed by atoms with Gasteiger partial charge in [0.05, 0.1) is 16.5 Å². The molecule has 0 aliphatic carbocycles. The highest BCUT2D eigenvalue weighted by Crippen LogP contribution is 2.29. The molecule has 0 spiro atoms. The average Bonchev–Trinajstić information content (AvgIpc) is 2.63. The van der Waals surface area contributed by atoms with Crippen LogP contribution in [-0.2, 0) is 7.05 Å². The van der Waals surface area contributed by atoms with Crippen molar-refractivity contribution in [3.63, 3.8) is 0 Å². The predicted octanol–water partition coefficient (Wildman–Crippen LogP) is 2.59. The van der Waals surface area contributed by atoms with Crippen molar-refractivity contribution in [2.45, 2.75) is 45.4 Å². The van der Waals surface area contributed by atoms with Gasteiger partial charge in [-0.25, -0.2) is 0 Å². The van der Waals surface area contributed by atoms with Crippen LogP contribution in [0.25, 0.3) is 21.8 Å². The summed E-state index contributed by atoms with van der Waals surface area (Å²) in [6, 6.07) is 17.4. The van der Waals surface area contributed by atoms with Crippen molar-refractivity contribution in [3.8, 4) is 0 Å². The number of unbranched alkanes of at least 4 members (excludes halogenated alkanes) is 5. The first-order valence-electron chi connectivity index (χ1n) is 9.36. The number of nitrogens with one attached hydrogen (secondary N) is 1. The fourth-order valence-electron chi connectivity index (χ4n) is 3.54. The first-order chi connectivity index (χ1) is 11.8. The third kappa shape index (κ3) is 4.43. The fraction of sp³-hybridized carbons (Fsp3) is 0.409. The molecule has 0 aliphatic rings. The van der Waals surface area contributed by atoms with E-state index in [0.717, 1.165) is 6.54 Å². The van der Waals surface area contributed by atoms with E-state index >= 15 is 0 Å². The lowest BCUT2D eigenvalue weighted by Crippen LogP contribution is -3.00. The molecule has 0 bridgehead atoms. The molecule has 3 aromatic rings. The van der Waals surface area contributed by atoms with Crippen molar-refractivity contribution in [3.05, 3.63) is 48.5 Å². The smallest absolute Gasteiger partial charge is 0.214 e. The number of fused-ring (bicyclic) bond motifs is 2. The monoisotopic (exact) mass is 356 g/mol. The second-order valence-corrected chi connectivity index (χ2v) is 6.66. The molecule has 0 saturated heterocycles. The van der Waals surface area contributed by atoms with Gasteiger partial charge < -0.3 is 17.7 Å². The van der Waals surface area contributed by atoms with Gasteiger partial charge in [0.25, 0.3) is 0 Å². The number of nitrogens with zero attached hydrogens (tertiary/aromatic N) is 1. The van der Waals surface area contributed by atoms with E-state index in [0.29, 0.717) is 0 Å². The Morgan fingerprint density at radius 3 is 1.88 bits per heavy atom. The minimum Gasteiger partial charge on any atom is -1.00 e. The molecule has 0 radical (unpaired) electrons. The maximum Gasteiger partial charge on any atom is 0.214 e. The van der Waals surface area contributed by atoms with Gasteiger partial charge >= 0.3 is 0 Å². The van der Waals surface area contributed by atoms with E-state index < -0.39 is 0 Å². The second-order valence-electron chi connectivity index (χ2n) is 6.66. The Hall–Kier alpha value is -1.80. The molecule has 1 N–H and O–H groups in total. The minimum absolute atomic E-state index is 0. The summed E-state index contributed by atoms with van der Waals surface area (Å²) >= 11 is 0. The quantitative estimate of drug-likeness (QED) is 0.372. The van der Waals surface area contributed by atoms with Crippen LogP contribution in [0.4, 0.5) is 5.69 Å². The third-order valence-electron chi connectivity index (χ3n) is 4.90. The van der Waals surface area contributed by atoms with E-state index in [-0.39, 0.29) is 12.4 Å². The highest BCUT2D eigenvalue weighted by atomic mass is 35.5. The first kappa shape index (κ1) is 19.5. The summed E-state index contributed by atoms with van der Waals surface area (Å²) in [6.07, 6.45) is 8.00. The number of pyridine rings is 1. The van der Waals surface area contributed by atoms with Gasteiger partial charge in [0.2, 0.25) is 11.0 Å². The van der Waals surface area contributed by atoms with Gasteiger partial charge in [0, 0.05) is 18.7 Å². The average molecular weight is 357 g/mol. The SMILES string of the molecule is CCCCCCCCNc1c2ccccc2[n+](C)c2ccccc12.[Cl-]. The normalized spacial score (nSPS) is 10.8. The molecule has 2 aromatic carbocycles. The highest BCUT2D eigenvalue weighted by Gasteiger charge is 2.16. The van der Waals surface area contributed by atoms with Crippen molar-refractivity contribution >= 4 is 27.5 Å². The second kappa shape index (κ2) is 9.62. The lowest BCUT2D eigenvalue weighted by atomic mass is 10.1. The van der Waals surface area contributed by atoms with Crippen LogP contribution in [-0.4, -0.2) is 6.54 Å². The van der Waals surface area contributed by atoms with Crippen molar-refractivity contribution in [2.24, 2.45) is 7.05 Å². The third-order valence-corrected chi connectivity index (χ3v) is 4.90. The van der Waals surface area contributed by atoms with Crippen LogP contribution >= 0.6 is 0 Å². The van der Waals surface area contributed by atoms with Gasteiger partial charge in [0.15, 0.2) is 0 Å². The zero-order valence-corrected chi connectivity index (χ0v) is 16.1. The van der Waals surface area contributed by atoms with Crippen LogP contribution in [0.5, 0.6) is 0 Å². The van der Waals surface area contributed by atoms with Crippen LogP contribution in [0.1, 0.15) is 45.4 Å². The molecule has 2 nitrogen and oxygen atoms in total. The van der Waals surface area contributed by atoms with Gasteiger partial charge in [-0.1, -0.05) is 63.3 Å². The van der Waals surface area contributed by atoms with Crippen LogP contribution in [0, 0.1) is 0 Å². The van der Waals surface area contributed by atoms with E-state index in [2.05, 4.69) is 72.4 Å². The Morgan fingerprint density at radius 1 is 0.760 bits per heavy atom. The van der Waals surface area contributed by atoms with Crippen LogP contribution < -0.4 is 22.3 Å². The van der Waals surface area contributed by atoms with E-state index in [9.17, 15) is 0 Å². The van der Waals surface area contributed by atoms with Crippen molar-refractivity contribution in [1.82, 2.24) is 0 Å². The molecule has 1 heterocycles. The Morgan fingerprint density at radius 2 is 1.28 bits per heavy atom. The topological polar surface area (TPSA) is 15.9 Å². The molecule has 25 heavy (non-hydrogen) atoms. The lowest BCUT2D eigenvalue weighted by molar-refractivity contribution is -0.617. The Kier molecular flexibility index (Phi) is 7.52. The molecule has 0 saturated carbocycles. The van der Waals surface area contributed by atoms with Crippen molar-refractivity contribution in [1.29, 1.82) is 0 Å². The molecule has 0 unspecified atom stereocenters. The summed E-state index contributed by atoms with van der Waals surface area (Å²) in [5, 5.41) is 6.36. The molecule has 3 heteroatoms. The van der Waals surface area contributed by atoms with E-state index in [1.807, 2.05) is 0 Å². The number of halogens is 1. The van der Waals surface area contributed by atoms with E-state index in [1.54, 1.807) is 0 Å². The number of rotatable bonds is 8. The van der Waals surface area contributed by atoms with Crippen LogP contribution in [0.15, 0.2) is 48.5 Å². The number of aryl methyl sites for hydroxylation is 1. The molecule has 0 amide bonds. The summed E-state index contributed by atoms with van der Waals surface area (Å²) in [4.78, 5) is 0. The Balaban J connectivity index is 0.00000225. The minimum atomic E-state index is 0. The van der Waals surface area contributed by atoms with Gasteiger partial charge in [-0.2, -0.15) is 4.57 Å². The summed E-state index contributed by atoms with van der Waals surface area (Å²) in [5.74, 6) is 0. The Labute approximate surface area is 157 Å². The fourth-order valence-corrected chi connectivity index (χ4v) is 3.54. The molecule has 134 valence electrons. The van der Waals surface area contributed by atoms with Crippen LogP contribution in [0.3, 0.4) is 0 Å². The molecule has 3 rings (SSSR count). The van der Waals surface area contributed by atoms with E-state index in [4.69, 9.17) is 0 Å². The van der Waals surface area contributed by atoms with Crippen molar-refractivity contribution in [2.75, 3.05) is 11.9 Å². The molecular weight excluding hydrogens is 328 g/mol. The zero-order valence-electron chi connectivity index (χ0n) is 15.4. The maximum absolute atomic E-state index is 3.74. The lowest BCUT2D eigenvalue weighted by Gasteiger charge is -2.12. The molecule has 0 aliphatic heterocycles. The van der Waals surface area contributed by atoms with Gasteiger partial charge in [-0.3, -0.25) is 0 Å². The maximum atomic E-state index is 3.74. The molecular formula is C22H29ClN2. The number of hydrogen-bond acceptors (Lipinski definition) is 1. The summed E-state index contributed by atoms with van der Waals surface area (Å²) < 4.78 is 2.29. The van der Waals surface area contributed by atoms with Crippen LogP contribution in [0.2, 0.25) is 0 Å². The van der Waals surface area contributed by atoms with Gasteiger partial charge in [-0.15, -0.1) is 0 Å².